The monoisotopic (exact) mass is 541 g/mol. The van der Waals surface area contributed by atoms with Crippen LogP contribution >= 0.6 is 33.9 Å². The molecule has 0 bridgehead atoms. The molecule has 30 heavy (non-hydrogen) atoms. The summed E-state index contributed by atoms with van der Waals surface area (Å²) in [6.45, 7) is 3.80. The summed E-state index contributed by atoms with van der Waals surface area (Å²) < 4.78 is 12.3. The van der Waals surface area contributed by atoms with Gasteiger partial charge in [0.25, 0.3) is 5.56 Å². The molecule has 0 radical (unpaired) electrons. The topological polar surface area (TPSA) is 99.5 Å². The number of esters is 1. The Bertz CT molecular complexity index is 1170. The zero-order valence-corrected chi connectivity index (χ0v) is 19.6. The molecule has 1 aromatic carbocycles. The van der Waals surface area contributed by atoms with Crippen molar-refractivity contribution in [2.75, 3.05) is 25.6 Å². The molecule has 0 aliphatic rings. The molecule has 1 N–H and O–H groups in total. The second-order valence-corrected chi connectivity index (χ2v) is 8.79. The van der Waals surface area contributed by atoms with Crippen LogP contribution in [-0.4, -0.2) is 41.8 Å². The number of nitrogens with zero attached hydrogens (tertiary/aromatic N) is 2. The number of benzene rings is 1. The lowest BCUT2D eigenvalue weighted by Crippen LogP contribution is -2.28. The highest BCUT2D eigenvalue weighted by Crippen LogP contribution is 2.27. The van der Waals surface area contributed by atoms with E-state index in [-0.39, 0.29) is 31.2 Å². The van der Waals surface area contributed by atoms with Gasteiger partial charge in [0, 0.05) is 16.4 Å². The van der Waals surface area contributed by atoms with Crippen molar-refractivity contribution in [2.45, 2.75) is 20.4 Å². The van der Waals surface area contributed by atoms with E-state index in [4.69, 9.17) is 9.47 Å². The largest absolute Gasteiger partial charge is 0.459 e. The fourth-order valence-electron chi connectivity index (χ4n) is 2.86. The lowest BCUT2D eigenvalue weighted by atomic mass is 10.2. The number of rotatable bonds is 7. The van der Waals surface area contributed by atoms with E-state index < -0.39 is 5.97 Å². The number of anilines is 1. The maximum Gasteiger partial charge on any atom is 0.348 e. The molecule has 0 fully saturated rings. The van der Waals surface area contributed by atoms with Crippen LogP contribution in [0.1, 0.15) is 20.8 Å². The number of aryl methyl sites for hydroxylation is 2. The van der Waals surface area contributed by atoms with Gasteiger partial charge in [0.1, 0.15) is 22.9 Å². The van der Waals surface area contributed by atoms with Crippen molar-refractivity contribution in [2.24, 2.45) is 0 Å². The SMILES string of the molecule is COCCOC(=O)c1sc2ncn(CC(=O)Nc3ccc(I)cc3C)c(=O)c2c1C. The zero-order chi connectivity index (χ0) is 21.8. The number of ether oxygens (including phenoxy) is 2. The van der Waals surface area contributed by atoms with E-state index in [2.05, 4.69) is 32.9 Å². The molecule has 0 aliphatic heterocycles. The minimum atomic E-state index is -0.523. The van der Waals surface area contributed by atoms with Crippen LogP contribution in [0.2, 0.25) is 0 Å². The van der Waals surface area contributed by atoms with Crippen molar-refractivity contribution < 1.29 is 19.1 Å². The number of methoxy groups -OCH3 is 1. The van der Waals surface area contributed by atoms with Gasteiger partial charge in [-0.3, -0.25) is 14.2 Å². The molecule has 0 unspecified atom stereocenters. The van der Waals surface area contributed by atoms with E-state index >= 15 is 0 Å². The van der Waals surface area contributed by atoms with Crippen LogP contribution in [0.15, 0.2) is 29.3 Å². The lowest BCUT2D eigenvalue weighted by Gasteiger charge is -2.10. The third kappa shape index (κ3) is 4.87. The molecule has 3 aromatic rings. The van der Waals surface area contributed by atoms with Gasteiger partial charge in [0.15, 0.2) is 0 Å². The molecule has 2 aromatic heterocycles. The van der Waals surface area contributed by atoms with E-state index in [1.807, 2.05) is 25.1 Å². The van der Waals surface area contributed by atoms with Crippen molar-refractivity contribution in [3.05, 3.63) is 54.5 Å². The van der Waals surface area contributed by atoms with E-state index in [9.17, 15) is 14.4 Å². The van der Waals surface area contributed by atoms with Crippen molar-refractivity contribution >= 4 is 61.7 Å². The Balaban J connectivity index is 1.82. The average Bonchev–Trinajstić information content (AvgIpc) is 3.04. The number of halogens is 1. The summed E-state index contributed by atoms with van der Waals surface area (Å²) in [5.74, 6) is -0.861. The third-order valence-electron chi connectivity index (χ3n) is 4.40. The number of carbonyl (C=O) groups excluding carboxylic acids is 2. The Morgan fingerprint density at radius 2 is 2.03 bits per heavy atom. The van der Waals surface area contributed by atoms with Gasteiger partial charge >= 0.3 is 5.97 Å². The molecule has 3 rings (SSSR count). The van der Waals surface area contributed by atoms with Gasteiger partial charge in [-0.25, -0.2) is 9.78 Å². The molecule has 0 atom stereocenters. The van der Waals surface area contributed by atoms with Gasteiger partial charge < -0.3 is 14.8 Å². The number of aromatic nitrogens is 2. The summed E-state index contributed by atoms with van der Waals surface area (Å²) in [6, 6.07) is 5.67. The zero-order valence-electron chi connectivity index (χ0n) is 16.7. The molecule has 10 heteroatoms. The highest BCUT2D eigenvalue weighted by atomic mass is 127. The number of nitrogens with one attached hydrogen (secondary N) is 1. The molecule has 0 spiro atoms. The summed E-state index contributed by atoms with van der Waals surface area (Å²) in [5, 5.41) is 3.13. The Morgan fingerprint density at radius 1 is 1.27 bits per heavy atom. The normalized spacial score (nSPS) is 10.9. The van der Waals surface area contributed by atoms with Gasteiger partial charge in [-0.15, -0.1) is 11.3 Å². The molecule has 0 aliphatic carbocycles. The van der Waals surface area contributed by atoms with Gasteiger partial charge in [-0.05, 0) is 65.8 Å². The van der Waals surface area contributed by atoms with Crippen LogP contribution in [0.25, 0.3) is 10.2 Å². The van der Waals surface area contributed by atoms with Gasteiger partial charge in [0.05, 0.1) is 18.3 Å². The van der Waals surface area contributed by atoms with Crippen molar-refractivity contribution in [3.63, 3.8) is 0 Å². The van der Waals surface area contributed by atoms with Crippen LogP contribution in [0.5, 0.6) is 0 Å². The standard InChI is InChI=1S/C20H20IN3O5S/c1-11-8-13(21)4-5-14(11)23-15(25)9-24-10-22-18-16(19(24)26)12(2)17(30-18)20(27)29-7-6-28-3/h4-5,8,10H,6-7,9H2,1-3H3,(H,23,25). The fourth-order valence-corrected chi connectivity index (χ4v) is 4.54. The van der Waals surface area contributed by atoms with Crippen LogP contribution in [0.3, 0.4) is 0 Å². The van der Waals surface area contributed by atoms with Crippen LogP contribution in [0.4, 0.5) is 5.69 Å². The molecule has 0 saturated carbocycles. The van der Waals surface area contributed by atoms with Crippen molar-refractivity contribution in [1.29, 1.82) is 0 Å². The summed E-state index contributed by atoms with van der Waals surface area (Å²) in [7, 11) is 1.51. The van der Waals surface area contributed by atoms with Crippen LogP contribution in [-0.2, 0) is 20.8 Å². The van der Waals surface area contributed by atoms with E-state index in [1.54, 1.807) is 6.92 Å². The fraction of sp³-hybridized carbons (Fsp3) is 0.300. The van der Waals surface area contributed by atoms with Crippen molar-refractivity contribution in [3.8, 4) is 0 Å². The average molecular weight is 541 g/mol. The first-order valence-corrected chi connectivity index (χ1v) is 10.9. The Hall–Kier alpha value is -2.31. The molecule has 8 nitrogen and oxygen atoms in total. The molecule has 0 saturated heterocycles. The van der Waals surface area contributed by atoms with Gasteiger partial charge in [-0.1, -0.05) is 0 Å². The maximum absolute atomic E-state index is 12.9. The molecule has 158 valence electrons. The van der Waals surface area contributed by atoms with E-state index in [0.717, 1.165) is 20.5 Å². The molecular formula is C20H20IN3O5S. The Kier molecular flexibility index (Phi) is 7.21. The summed E-state index contributed by atoms with van der Waals surface area (Å²) in [5.41, 5.74) is 1.74. The first kappa shape index (κ1) is 22.4. The van der Waals surface area contributed by atoms with E-state index in [1.165, 1.54) is 18.0 Å². The number of fused-ring (bicyclic) bond motifs is 1. The van der Waals surface area contributed by atoms with Gasteiger partial charge in [0.2, 0.25) is 5.91 Å². The Morgan fingerprint density at radius 3 is 2.73 bits per heavy atom. The first-order chi connectivity index (χ1) is 14.3. The first-order valence-electron chi connectivity index (χ1n) is 9.02. The predicted molar refractivity (Wildman–Crippen MR) is 123 cm³/mol. The summed E-state index contributed by atoms with van der Waals surface area (Å²) in [6.07, 6.45) is 1.32. The third-order valence-corrected chi connectivity index (χ3v) is 6.25. The molecule has 2 heterocycles. The second-order valence-electron chi connectivity index (χ2n) is 6.55. The maximum atomic E-state index is 12.9. The minimum absolute atomic E-state index is 0.124. The minimum Gasteiger partial charge on any atom is -0.459 e. The molecular weight excluding hydrogens is 521 g/mol. The number of hydrogen-bond donors (Lipinski definition) is 1. The highest BCUT2D eigenvalue weighted by Gasteiger charge is 2.21. The second kappa shape index (κ2) is 9.67. The summed E-state index contributed by atoms with van der Waals surface area (Å²) >= 11 is 3.30. The quantitative estimate of drug-likeness (QED) is 0.281. The lowest BCUT2D eigenvalue weighted by molar-refractivity contribution is -0.116. The van der Waals surface area contributed by atoms with Crippen molar-refractivity contribution in [1.82, 2.24) is 9.55 Å². The number of thiophene rings is 1. The highest BCUT2D eigenvalue weighted by molar-refractivity contribution is 14.1. The molecule has 1 amide bonds. The van der Waals surface area contributed by atoms with E-state index in [0.29, 0.717) is 26.3 Å². The Labute approximate surface area is 190 Å². The number of carbonyl (C=O) groups is 2. The predicted octanol–water partition coefficient (Wildman–Crippen LogP) is 3.12. The van der Waals surface area contributed by atoms with Crippen LogP contribution in [0, 0.1) is 17.4 Å². The summed E-state index contributed by atoms with van der Waals surface area (Å²) in [4.78, 5) is 42.7. The number of amides is 1. The number of hydrogen-bond acceptors (Lipinski definition) is 7. The van der Waals surface area contributed by atoms with Gasteiger partial charge in [-0.2, -0.15) is 0 Å². The smallest absolute Gasteiger partial charge is 0.348 e. The van der Waals surface area contributed by atoms with Crippen LogP contribution < -0.4 is 10.9 Å².